The number of ether oxygens (including phenoxy) is 3. The Labute approximate surface area is 249 Å². The maximum absolute atomic E-state index is 6.58. The fraction of sp³-hybridized carbons (Fsp3) is 0.444. The molecule has 1 aliphatic carbocycles. The number of benzene rings is 3. The van der Waals surface area contributed by atoms with Gasteiger partial charge < -0.3 is 24.1 Å². The second kappa shape index (κ2) is 10.7. The fourth-order valence-electron chi connectivity index (χ4n) is 8.61. The molecule has 3 atom stereocenters. The van der Waals surface area contributed by atoms with E-state index in [2.05, 4.69) is 94.8 Å². The van der Waals surface area contributed by atoms with E-state index < -0.39 is 0 Å². The van der Waals surface area contributed by atoms with Gasteiger partial charge in [0.15, 0.2) is 0 Å². The van der Waals surface area contributed by atoms with E-state index in [1.54, 1.807) is 14.2 Å². The number of nitrogens with one attached hydrogen (secondary N) is 1. The third-order valence-corrected chi connectivity index (χ3v) is 10.7. The van der Waals surface area contributed by atoms with Crippen LogP contribution >= 0.6 is 0 Å². The lowest BCUT2D eigenvalue weighted by Gasteiger charge is -2.54. The quantitative estimate of drug-likeness (QED) is 0.299. The van der Waals surface area contributed by atoms with Gasteiger partial charge in [0.1, 0.15) is 17.1 Å². The van der Waals surface area contributed by atoms with Crippen molar-refractivity contribution in [1.82, 2.24) is 14.8 Å². The molecule has 3 aromatic carbocycles. The molecule has 0 saturated carbocycles. The number of aromatic nitrogens is 1. The Morgan fingerprint density at radius 1 is 0.857 bits per heavy atom. The first-order valence-electron chi connectivity index (χ1n) is 15.4. The Bertz CT molecular complexity index is 1490. The van der Waals surface area contributed by atoms with Gasteiger partial charge in [-0.1, -0.05) is 36.4 Å². The molecule has 7 rings (SSSR count). The summed E-state index contributed by atoms with van der Waals surface area (Å²) in [7, 11) is 7.70. The van der Waals surface area contributed by atoms with Crippen molar-refractivity contribution in [3.8, 4) is 11.5 Å². The molecule has 42 heavy (non-hydrogen) atoms. The number of aromatic amines is 1. The number of nitrogens with zero attached hydrogens (tertiary/aromatic N) is 2. The summed E-state index contributed by atoms with van der Waals surface area (Å²) in [5, 5.41) is 1.38. The highest BCUT2D eigenvalue weighted by Crippen LogP contribution is 2.50. The van der Waals surface area contributed by atoms with Gasteiger partial charge in [-0.2, -0.15) is 0 Å². The molecule has 2 saturated heterocycles. The highest BCUT2D eigenvalue weighted by atomic mass is 16.5. The Morgan fingerprint density at radius 2 is 1.50 bits per heavy atom. The smallest absolute Gasteiger partial charge is 0.118 e. The number of rotatable bonds is 7. The maximum atomic E-state index is 6.58. The minimum Gasteiger partial charge on any atom is -0.497 e. The van der Waals surface area contributed by atoms with Crippen LogP contribution in [0.3, 0.4) is 0 Å². The van der Waals surface area contributed by atoms with Gasteiger partial charge in [0.05, 0.1) is 14.2 Å². The number of likely N-dealkylation sites (tertiary alicyclic amines) is 2. The van der Waals surface area contributed by atoms with Crippen LogP contribution in [0.25, 0.3) is 10.9 Å². The van der Waals surface area contributed by atoms with E-state index in [1.807, 2.05) is 7.11 Å². The molecule has 6 nitrogen and oxygen atoms in total. The van der Waals surface area contributed by atoms with Crippen LogP contribution in [0, 0.1) is 5.92 Å². The molecule has 1 N–H and O–H groups in total. The van der Waals surface area contributed by atoms with Crippen LogP contribution in [-0.4, -0.2) is 75.4 Å². The predicted octanol–water partition coefficient (Wildman–Crippen LogP) is 5.99. The second-order valence-corrected chi connectivity index (χ2v) is 12.7. The third-order valence-electron chi connectivity index (χ3n) is 10.7. The number of piperidine rings is 2. The normalized spacial score (nSPS) is 25.7. The van der Waals surface area contributed by atoms with Gasteiger partial charge in [0.2, 0.25) is 0 Å². The van der Waals surface area contributed by atoms with Crippen LogP contribution in [-0.2, 0) is 22.2 Å². The van der Waals surface area contributed by atoms with Gasteiger partial charge in [-0.3, -0.25) is 4.90 Å². The zero-order valence-corrected chi connectivity index (χ0v) is 25.4. The van der Waals surface area contributed by atoms with Crippen LogP contribution < -0.4 is 9.47 Å². The van der Waals surface area contributed by atoms with Crippen LogP contribution in [0.5, 0.6) is 11.5 Å². The number of methoxy groups -OCH3 is 3. The van der Waals surface area contributed by atoms with Gasteiger partial charge in [-0.05, 0) is 104 Å². The molecule has 220 valence electrons. The number of H-pyrrole nitrogens is 1. The summed E-state index contributed by atoms with van der Waals surface area (Å²) in [6, 6.07) is 24.5. The Balaban J connectivity index is 1.13. The van der Waals surface area contributed by atoms with Gasteiger partial charge in [0, 0.05) is 48.8 Å². The number of likely N-dealkylation sites (N-methyl/N-ethyl adjacent to an activating group) is 1. The molecule has 2 fully saturated rings. The van der Waals surface area contributed by atoms with E-state index in [9.17, 15) is 0 Å². The molecule has 6 heteroatoms. The van der Waals surface area contributed by atoms with Crippen LogP contribution in [0.1, 0.15) is 41.5 Å². The molecular formula is C36H43N3O3. The molecule has 1 aromatic heterocycles. The molecule has 3 aliphatic rings. The summed E-state index contributed by atoms with van der Waals surface area (Å²) in [5.74, 6) is 2.34. The Morgan fingerprint density at radius 3 is 2.10 bits per heavy atom. The summed E-state index contributed by atoms with van der Waals surface area (Å²) >= 11 is 0. The molecular weight excluding hydrogens is 522 g/mol. The van der Waals surface area contributed by atoms with Crippen molar-refractivity contribution in [2.24, 2.45) is 5.92 Å². The molecule has 0 spiro atoms. The first-order chi connectivity index (χ1) is 20.5. The first-order valence-corrected chi connectivity index (χ1v) is 15.4. The van der Waals surface area contributed by atoms with E-state index in [4.69, 9.17) is 14.2 Å². The number of fused-ring (bicyclic) bond motifs is 2. The minimum atomic E-state index is -0.280. The van der Waals surface area contributed by atoms with Gasteiger partial charge in [-0.25, -0.2) is 0 Å². The lowest BCUT2D eigenvalue weighted by atomic mass is 9.67. The summed E-state index contributed by atoms with van der Waals surface area (Å²) < 4.78 is 17.5. The topological polar surface area (TPSA) is 50.0 Å². The van der Waals surface area contributed by atoms with Crippen LogP contribution in [0.2, 0.25) is 0 Å². The molecule has 4 aromatic rings. The summed E-state index contributed by atoms with van der Waals surface area (Å²) in [5.41, 5.74) is 6.44. The summed E-state index contributed by atoms with van der Waals surface area (Å²) in [6.07, 6.45) is 6.46. The monoisotopic (exact) mass is 565 g/mol. The highest BCUT2D eigenvalue weighted by Gasteiger charge is 2.52. The van der Waals surface area contributed by atoms with Crippen molar-refractivity contribution in [1.29, 1.82) is 0 Å². The highest BCUT2D eigenvalue weighted by molar-refractivity contribution is 5.88. The molecule has 0 radical (unpaired) electrons. The van der Waals surface area contributed by atoms with Crippen molar-refractivity contribution in [2.45, 2.75) is 42.7 Å². The number of hydrogen-bond donors (Lipinski definition) is 1. The lowest BCUT2D eigenvalue weighted by Crippen LogP contribution is -2.60. The van der Waals surface area contributed by atoms with Crippen LogP contribution in [0.15, 0.2) is 72.9 Å². The van der Waals surface area contributed by atoms with E-state index >= 15 is 0 Å². The zero-order chi connectivity index (χ0) is 28.9. The fourth-order valence-corrected chi connectivity index (χ4v) is 8.61. The summed E-state index contributed by atoms with van der Waals surface area (Å²) in [6.45, 7) is 4.34. The molecule has 2 aliphatic heterocycles. The second-order valence-electron chi connectivity index (χ2n) is 12.7. The average Bonchev–Trinajstić information content (AvgIpc) is 3.46. The van der Waals surface area contributed by atoms with Crippen molar-refractivity contribution >= 4 is 10.9 Å². The Hall–Kier alpha value is -3.32. The zero-order valence-electron chi connectivity index (χ0n) is 25.4. The largest absolute Gasteiger partial charge is 0.497 e. The minimum absolute atomic E-state index is 0.0268. The molecule has 3 heterocycles. The standard InChI is InChI=1S/C36H43N3O3/c1-38-23-25(21-36(42-4)31-6-5-7-32-34(31)26(22-37-32)20-33(36)38)24-39-18-16-35(17-19-39,27-8-12-29(40-2)13-9-27)28-10-14-30(41-3)15-11-28/h5-15,22,25,33,37H,16-21,23-24H2,1-4H3/t25-,33-,36+/m1/s1. The Kier molecular flexibility index (Phi) is 7.04. The van der Waals surface area contributed by atoms with Crippen molar-refractivity contribution in [3.05, 3.63) is 95.2 Å². The van der Waals surface area contributed by atoms with Crippen molar-refractivity contribution < 1.29 is 14.2 Å². The van der Waals surface area contributed by atoms with Crippen molar-refractivity contribution in [3.63, 3.8) is 0 Å². The summed E-state index contributed by atoms with van der Waals surface area (Å²) in [4.78, 5) is 8.80. The first kappa shape index (κ1) is 27.5. The average molecular weight is 566 g/mol. The van der Waals surface area contributed by atoms with Crippen LogP contribution in [0.4, 0.5) is 0 Å². The van der Waals surface area contributed by atoms with E-state index in [0.29, 0.717) is 12.0 Å². The van der Waals surface area contributed by atoms with E-state index in [0.717, 1.165) is 63.4 Å². The molecule has 0 bridgehead atoms. The van der Waals surface area contributed by atoms with Gasteiger partial charge in [-0.15, -0.1) is 0 Å². The van der Waals surface area contributed by atoms with E-state index in [-0.39, 0.29) is 11.0 Å². The maximum Gasteiger partial charge on any atom is 0.118 e. The SMILES string of the molecule is COc1ccc(C2(c3ccc(OC)cc3)CCN(C[C@H]3CN(C)[C@@H]4Cc5c[nH]c6cccc(c56)[C@@]4(OC)C3)CC2)cc1. The predicted molar refractivity (Wildman–Crippen MR) is 168 cm³/mol. The third kappa shape index (κ3) is 4.34. The van der Waals surface area contributed by atoms with Gasteiger partial charge >= 0.3 is 0 Å². The van der Waals surface area contributed by atoms with Crippen molar-refractivity contribution in [2.75, 3.05) is 54.6 Å². The van der Waals surface area contributed by atoms with Gasteiger partial charge in [0.25, 0.3) is 0 Å². The molecule has 0 unspecified atom stereocenters. The molecule has 0 amide bonds. The number of hydrogen-bond acceptors (Lipinski definition) is 5. The van der Waals surface area contributed by atoms with E-state index in [1.165, 1.54) is 33.2 Å². The lowest BCUT2D eigenvalue weighted by molar-refractivity contribution is -0.128.